The number of nitrogens with zero attached hydrogens (tertiary/aromatic N) is 1. The zero-order valence-corrected chi connectivity index (χ0v) is 16.8. The lowest BCUT2D eigenvalue weighted by Gasteiger charge is -2.22. The van der Waals surface area contributed by atoms with Crippen LogP contribution in [0.3, 0.4) is 0 Å². The Hall–Kier alpha value is -3.13. The van der Waals surface area contributed by atoms with Crippen molar-refractivity contribution in [2.75, 3.05) is 4.90 Å². The number of carbonyl (C=O) groups is 2. The van der Waals surface area contributed by atoms with Crippen molar-refractivity contribution in [1.29, 1.82) is 0 Å². The minimum atomic E-state index is -4.45. The zero-order valence-electron chi connectivity index (χ0n) is 15.9. The van der Waals surface area contributed by atoms with Gasteiger partial charge in [-0.2, -0.15) is 13.2 Å². The van der Waals surface area contributed by atoms with Crippen molar-refractivity contribution < 1.29 is 27.9 Å². The van der Waals surface area contributed by atoms with Crippen molar-refractivity contribution in [2.24, 2.45) is 0 Å². The lowest BCUT2D eigenvalue weighted by atomic mass is 10.1. The average molecular weight is 433 g/mol. The number of carbonyl (C=O) groups excluding carboxylic acids is 1. The van der Waals surface area contributed by atoms with Gasteiger partial charge < -0.3 is 10.0 Å². The smallest absolute Gasteiger partial charge is 0.416 e. The summed E-state index contributed by atoms with van der Waals surface area (Å²) in [4.78, 5) is 26.5. The highest BCUT2D eigenvalue weighted by Crippen LogP contribution is 2.38. The molecule has 0 unspecified atom stereocenters. The number of benzene rings is 2. The first kappa shape index (κ1) is 21.6. The van der Waals surface area contributed by atoms with E-state index in [9.17, 15) is 27.9 Å². The van der Waals surface area contributed by atoms with E-state index in [1.165, 1.54) is 17.0 Å². The van der Waals surface area contributed by atoms with Gasteiger partial charge in [0.05, 0.1) is 17.8 Å². The average Bonchev–Trinajstić information content (AvgIpc) is 3.17. The third kappa shape index (κ3) is 4.71. The molecule has 0 bridgehead atoms. The Morgan fingerprint density at radius 2 is 1.67 bits per heavy atom. The second-order valence-electron chi connectivity index (χ2n) is 6.52. The standard InChI is InChI=1S/C22H18F3NO3S/c1-2-19(27)26(13-14-8-10-16(11-9-14)22(23,24)25)17-12-18(30-20(17)21(28)29)15-6-4-3-5-7-15/h3-12H,2,13H2,1H3,(H,28,29). The van der Waals surface area contributed by atoms with E-state index in [0.29, 0.717) is 10.4 Å². The van der Waals surface area contributed by atoms with E-state index in [1.54, 1.807) is 13.0 Å². The van der Waals surface area contributed by atoms with Crippen LogP contribution in [0.4, 0.5) is 18.9 Å². The van der Waals surface area contributed by atoms with Gasteiger partial charge in [0.15, 0.2) is 0 Å². The second kappa shape index (κ2) is 8.71. The van der Waals surface area contributed by atoms with Crippen molar-refractivity contribution in [3.05, 3.63) is 76.7 Å². The molecule has 1 aromatic heterocycles. The fraction of sp³-hybridized carbons (Fsp3) is 0.182. The Bertz CT molecular complexity index is 1040. The van der Waals surface area contributed by atoms with Gasteiger partial charge in [-0.3, -0.25) is 4.79 Å². The van der Waals surface area contributed by atoms with E-state index < -0.39 is 17.7 Å². The predicted octanol–water partition coefficient (Wildman–Crippen LogP) is 6.08. The summed E-state index contributed by atoms with van der Waals surface area (Å²) in [6.45, 7) is 1.61. The number of alkyl halides is 3. The van der Waals surface area contributed by atoms with Crippen LogP contribution in [0.2, 0.25) is 0 Å². The molecule has 0 aliphatic carbocycles. The van der Waals surface area contributed by atoms with Gasteiger partial charge in [0.25, 0.3) is 0 Å². The first-order valence-corrected chi connectivity index (χ1v) is 9.91. The van der Waals surface area contributed by atoms with Crippen LogP contribution in [0.1, 0.15) is 34.1 Å². The fourth-order valence-electron chi connectivity index (χ4n) is 2.96. The van der Waals surface area contributed by atoms with Gasteiger partial charge in [0.1, 0.15) is 4.88 Å². The number of carboxylic acids is 1. The number of aromatic carboxylic acids is 1. The quantitative estimate of drug-likeness (QED) is 0.513. The highest BCUT2D eigenvalue weighted by atomic mass is 32.1. The highest BCUT2D eigenvalue weighted by molar-refractivity contribution is 7.18. The highest BCUT2D eigenvalue weighted by Gasteiger charge is 2.30. The molecule has 8 heteroatoms. The molecule has 30 heavy (non-hydrogen) atoms. The Balaban J connectivity index is 2.00. The maximum absolute atomic E-state index is 12.8. The van der Waals surface area contributed by atoms with Crippen molar-refractivity contribution in [1.82, 2.24) is 0 Å². The first-order chi connectivity index (χ1) is 14.2. The Kier molecular flexibility index (Phi) is 6.26. The number of halogens is 3. The summed E-state index contributed by atoms with van der Waals surface area (Å²) < 4.78 is 38.4. The van der Waals surface area contributed by atoms with Crippen LogP contribution in [0.5, 0.6) is 0 Å². The summed E-state index contributed by atoms with van der Waals surface area (Å²) in [5, 5.41) is 9.67. The maximum atomic E-state index is 12.8. The van der Waals surface area contributed by atoms with Crippen molar-refractivity contribution in [3.63, 3.8) is 0 Å². The number of hydrogen-bond donors (Lipinski definition) is 1. The lowest BCUT2D eigenvalue weighted by Crippen LogP contribution is -2.30. The van der Waals surface area contributed by atoms with Gasteiger partial charge in [-0.15, -0.1) is 11.3 Å². The van der Waals surface area contributed by atoms with Crippen LogP contribution in [0.25, 0.3) is 10.4 Å². The topological polar surface area (TPSA) is 57.6 Å². The van der Waals surface area contributed by atoms with Gasteiger partial charge in [-0.25, -0.2) is 4.79 Å². The summed E-state index contributed by atoms with van der Waals surface area (Å²) >= 11 is 1.05. The van der Waals surface area contributed by atoms with Gasteiger partial charge in [0, 0.05) is 11.3 Å². The summed E-state index contributed by atoms with van der Waals surface area (Å²) in [6.07, 6.45) is -4.33. The molecule has 0 saturated heterocycles. The van der Waals surface area contributed by atoms with E-state index in [-0.39, 0.29) is 29.4 Å². The van der Waals surface area contributed by atoms with Crippen LogP contribution in [0, 0.1) is 0 Å². The Morgan fingerprint density at radius 1 is 1.03 bits per heavy atom. The second-order valence-corrected chi connectivity index (χ2v) is 7.58. The van der Waals surface area contributed by atoms with E-state index in [2.05, 4.69) is 0 Å². The molecule has 2 aromatic carbocycles. The van der Waals surface area contributed by atoms with E-state index >= 15 is 0 Å². The molecular formula is C22H18F3NO3S. The van der Waals surface area contributed by atoms with Gasteiger partial charge >= 0.3 is 12.1 Å². The van der Waals surface area contributed by atoms with Crippen molar-refractivity contribution >= 4 is 28.9 Å². The Morgan fingerprint density at radius 3 is 2.20 bits per heavy atom. The molecule has 3 rings (SSSR count). The normalized spacial score (nSPS) is 11.3. The van der Waals surface area contributed by atoms with Gasteiger partial charge in [-0.05, 0) is 29.3 Å². The van der Waals surface area contributed by atoms with Gasteiger partial charge in [0.2, 0.25) is 5.91 Å². The number of anilines is 1. The molecule has 1 N–H and O–H groups in total. The summed E-state index contributed by atoms with van der Waals surface area (Å²) in [6, 6.07) is 15.3. The fourth-order valence-corrected chi connectivity index (χ4v) is 3.97. The summed E-state index contributed by atoms with van der Waals surface area (Å²) in [7, 11) is 0. The van der Waals surface area contributed by atoms with Crippen LogP contribution in [-0.4, -0.2) is 17.0 Å². The SMILES string of the molecule is CCC(=O)N(Cc1ccc(C(F)(F)F)cc1)c1cc(-c2ccccc2)sc1C(=O)O. The number of thiophene rings is 1. The predicted molar refractivity (Wildman–Crippen MR) is 110 cm³/mol. The van der Waals surface area contributed by atoms with Crippen LogP contribution in [0.15, 0.2) is 60.7 Å². The first-order valence-electron chi connectivity index (χ1n) is 9.09. The summed E-state index contributed by atoms with van der Waals surface area (Å²) in [5.74, 6) is -1.49. The molecule has 0 aliphatic rings. The summed E-state index contributed by atoms with van der Waals surface area (Å²) in [5.41, 5.74) is 0.731. The van der Waals surface area contributed by atoms with Crippen LogP contribution in [-0.2, 0) is 17.5 Å². The van der Waals surface area contributed by atoms with E-state index in [0.717, 1.165) is 29.0 Å². The van der Waals surface area contributed by atoms with Crippen LogP contribution >= 0.6 is 11.3 Å². The lowest BCUT2D eigenvalue weighted by molar-refractivity contribution is -0.137. The minimum absolute atomic E-state index is 0.00237. The zero-order chi connectivity index (χ0) is 21.9. The minimum Gasteiger partial charge on any atom is -0.477 e. The molecule has 0 fully saturated rings. The largest absolute Gasteiger partial charge is 0.477 e. The molecule has 4 nitrogen and oxygen atoms in total. The van der Waals surface area contributed by atoms with Crippen molar-refractivity contribution in [2.45, 2.75) is 26.1 Å². The molecule has 0 saturated carbocycles. The van der Waals surface area contributed by atoms with E-state index in [1.807, 2.05) is 30.3 Å². The Labute approximate surface area is 175 Å². The third-order valence-electron chi connectivity index (χ3n) is 4.48. The number of rotatable bonds is 6. The molecule has 0 atom stereocenters. The monoisotopic (exact) mass is 433 g/mol. The molecule has 156 valence electrons. The molecule has 1 heterocycles. The maximum Gasteiger partial charge on any atom is 0.416 e. The number of carboxylic acid groups (broad SMARTS) is 1. The number of amides is 1. The molecule has 3 aromatic rings. The van der Waals surface area contributed by atoms with Crippen molar-refractivity contribution in [3.8, 4) is 10.4 Å². The number of hydrogen-bond acceptors (Lipinski definition) is 3. The molecule has 0 spiro atoms. The molecule has 1 amide bonds. The molecule has 0 aliphatic heterocycles. The molecular weight excluding hydrogens is 415 g/mol. The van der Waals surface area contributed by atoms with Crippen LogP contribution < -0.4 is 4.90 Å². The third-order valence-corrected chi connectivity index (χ3v) is 5.64. The van der Waals surface area contributed by atoms with E-state index in [4.69, 9.17) is 0 Å². The molecule has 0 radical (unpaired) electrons. The van der Waals surface area contributed by atoms with Gasteiger partial charge in [-0.1, -0.05) is 49.4 Å².